The van der Waals surface area contributed by atoms with Crippen molar-refractivity contribution in [2.75, 3.05) is 0 Å². The average molecular weight is 245 g/mol. The van der Waals surface area contributed by atoms with E-state index in [2.05, 4.69) is 10.3 Å². The van der Waals surface area contributed by atoms with Gasteiger partial charge in [-0.1, -0.05) is 23.4 Å². The van der Waals surface area contributed by atoms with E-state index >= 15 is 0 Å². The molecule has 1 N–H and O–H groups in total. The Morgan fingerprint density at radius 2 is 2.33 bits per heavy atom. The molecule has 2 unspecified atom stereocenters. The van der Waals surface area contributed by atoms with Gasteiger partial charge in [0.2, 0.25) is 0 Å². The third-order valence-corrected chi connectivity index (χ3v) is 3.17. The number of aliphatic hydroxyl groups is 1. The molecule has 1 aliphatic heterocycles. The minimum atomic E-state index is -0.561. The van der Waals surface area contributed by atoms with E-state index in [0.717, 1.165) is 23.4 Å². The Balaban J connectivity index is 1.67. The second-order valence-electron chi connectivity index (χ2n) is 4.62. The van der Waals surface area contributed by atoms with E-state index in [1.165, 1.54) is 0 Å². The third kappa shape index (κ3) is 2.09. The Labute approximate surface area is 105 Å². The van der Waals surface area contributed by atoms with Crippen molar-refractivity contribution in [1.29, 1.82) is 0 Å². The predicted octanol–water partition coefficient (Wildman–Crippen LogP) is 0.722. The molecule has 1 aliphatic rings. The van der Waals surface area contributed by atoms with Crippen LogP contribution in [-0.4, -0.2) is 32.3 Å². The van der Waals surface area contributed by atoms with E-state index < -0.39 is 6.10 Å². The van der Waals surface area contributed by atoms with Crippen molar-refractivity contribution in [3.05, 3.63) is 41.7 Å². The van der Waals surface area contributed by atoms with Crippen molar-refractivity contribution < 1.29 is 9.84 Å². The van der Waals surface area contributed by atoms with Gasteiger partial charge in [0.15, 0.2) is 0 Å². The summed E-state index contributed by atoms with van der Waals surface area (Å²) in [5, 5.41) is 18.0. The summed E-state index contributed by atoms with van der Waals surface area (Å²) in [7, 11) is 1.81. The molecule has 0 saturated heterocycles. The van der Waals surface area contributed by atoms with Crippen LogP contribution in [-0.2, 0) is 19.9 Å². The lowest BCUT2D eigenvalue weighted by atomic mass is 10.0. The fourth-order valence-electron chi connectivity index (χ4n) is 2.26. The Morgan fingerprint density at radius 3 is 3.06 bits per heavy atom. The van der Waals surface area contributed by atoms with E-state index in [1.54, 1.807) is 4.68 Å². The Morgan fingerprint density at radius 1 is 1.50 bits per heavy atom. The van der Waals surface area contributed by atoms with E-state index in [9.17, 15) is 5.11 Å². The van der Waals surface area contributed by atoms with E-state index in [0.29, 0.717) is 6.42 Å². The van der Waals surface area contributed by atoms with Crippen molar-refractivity contribution in [3.8, 4) is 5.75 Å². The molecule has 18 heavy (non-hydrogen) atoms. The number of nitrogens with zero attached hydrogens (tertiary/aromatic N) is 3. The van der Waals surface area contributed by atoms with E-state index in [1.807, 2.05) is 37.5 Å². The molecule has 5 heteroatoms. The molecule has 0 amide bonds. The second kappa shape index (κ2) is 4.42. The van der Waals surface area contributed by atoms with Gasteiger partial charge in [0.1, 0.15) is 11.9 Å². The molecular weight excluding hydrogens is 230 g/mol. The van der Waals surface area contributed by atoms with Crippen molar-refractivity contribution in [2.24, 2.45) is 7.05 Å². The zero-order valence-corrected chi connectivity index (χ0v) is 10.2. The van der Waals surface area contributed by atoms with Gasteiger partial charge >= 0.3 is 0 Å². The summed E-state index contributed by atoms with van der Waals surface area (Å²) in [5.74, 6) is 0.876. The van der Waals surface area contributed by atoms with Gasteiger partial charge in [-0.3, -0.25) is 4.68 Å². The van der Waals surface area contributed by atoms with Gasteiger partial charge in [-0.2, -0.15) is 0 Å². The second-order valence-corrected chi connectivity index (χ2v) is 4.62. The van der Waals surface area contributed by atoms with Crippen LogP contribution in [0, 0.1) is 0 Å². The number of hydrogen-bond acceptors (Lipinski definition) is 4. The Bertz CT molecular complexity index is 528. The van der Waals surface area contributed by atoms with Crippen molar-refractivity contribution in [3.63, 3.8) is 0 Å². The van der Waals surface area contributed by atoms with Gasteiger partial charge in [0.05, 0.1) is 11.8 Å². The quantitative estimate of drug-likeness (QED) is 0.865. The fourth-order valence-corrected chi connectivity index (χ4v) is 2.26. The zero-order valence-electron chi connectivity index (χ0n) is 10.2. The van der Waals surface area contributed by atoms with Crippen molar-refractivity contribution in [2.45, 2.75) is 25.0 Å². The number of aromatic nitrogens is 3. The largest absolute Gasteiger partial charge is 0.487 e. The number of aryl methyl sites for hydroxylation is 1. The zero-order chi connectivity index (χ0) is 12.5. The standard InChI is InChI=1S/C13H15N3O2/c1-16-8-10(14-15-16)7-11(17)13-6-9-4-2-3-5-12(9)18-13/h2-5,8,11,13,17H,6-7H2,1H3. The van der Waals surface area contributed by atoms with Gasteiger partial charge < -0.3 is 9.84 Å². The molecule has 1 aromatic heterocycles. The van der Waals surface area contributed by atoms with E-state index in [4.69, 9.17) is 4.74 Å². The maximum atomic E-state index is 10.2. The molecule has 1 aromatic carbocycles. The monoisotopic (exact) mass is 245 g/mol. The van der Waals surface area contributed by atoms with Crippen LogP contribution in [0.15, 0.2) is 30.5 Å². The molecule has 0 spiro atoms. The van der Waals surface area contributed by atoms with Gasteiger partial charge in [-0.15, -0.1) is 5.10 Å². The van der Waals surface area contributed by atoms with Crippen molar-refractivity contribution in [1.82, 2.24) is 15.0 Å². The van der Waals surface area contributed by atoms with Crippen LogP contribution in [0.5, 0.6) is 5.75 Å². The SMILES string of the molecule is Cn1cc(CC(O)C2Cc3ccccc3O2)nn1. The first-order valence-electron chi connectivity index (χ1n) is 6.00. The minimum absolute atomic E-state index is 0.190. The lowest BCUT2D eigenvalue weighted by molar-refractivity contribution is 0.0496. The lowest BCUT2D eigenvalue weighted by Crippen LogP contribution is -2.32. The Kier molecular flexibility index (Phi) is 2.76. The number of ether oxygens (including phenoxy) is 1. The number of aliphatic hydroxyl groups excluding tert-OH is 1. The summed E-state index contributed by atoms with van der Waals surface area (Å²) in [6.07, 6.45) is 2.27. The molecule has 2 heterocycles. The van der Waals surface area contributed by atoms with Crippen LogP contribution in [0.1, 0.15) is 11.3 Å². The summed E-state index contributed by atoms with van der Waals surface area (Å²) in [6.45, 7) is 0. The molecule has 0 aliphatic carbocycles. The number of fused-ring (bicyclic) bond motifs is 1. The van der Waals surface area contributed by atoms with Crippen LogP contribution < -0.4 is 4.74 Å². The molecule has 0 fully saturated rings. The summed E-state index contributed by atoms with van der Waals surface area (Å²) in [6, 6.07) is 7.89. The van der Waals surface area contributed by atoms with Crippen LogP contribution in [0.3, 0.4) is 0 Å². The normalized spacial score (nSPS) is 19.3. The fraction of sp³-hybridized carbons (Fsp3) is 0.385. The minimum Gasteiger partial charge on any atom is -0.487 e. The number of rotatable bonds is 3. The van der Waals surface area contributed by atoms with E-state index in [-0.39, 0.29) is 6.10 Å². The van der Waals surface area contributed by atoms with Crippen LogP contribution >= 0.6 is 0 Å². The highest BCUT2D eigenvalue weighted by Crippen LogP contribution is 2.30. The Hall–Kier alpha value is -1.88. The highest BCUT2D eigenvalue weighted by molar-refractivity contribution is 5.37. The molecule has 2 aromatic rings. The maximum absolute atomic E-state index is 10.2. The van der Waals surface area contributed by atoms with Crippen LogP contribution in [0.4, 0.5) is 0 Å². The van der Waals surface area contributed by atoms with Crippen LogP contribution in [0.25, 0.3) is 0 Å². The number of hydrogen-bond donors (Lipinski definition) is 1. The number of benzene rings is 1. The molecule has 5 nitrogen and oxygen atoms in total. The third-order valence-electron chi connectivity index (χ3n) is 3.17. The summed E-state index contributed by atoms with van der Waals surface area (Å²) in [4.78, 5) is 0. The highest BCUT2D eigenvalue weighted by Gasteiger charge is 2.29. The number of para-hydroxylation sites is 1. The first kappa shape index (κ1) is 11.2. The summed E-state index contributed by atoms with van der Waals surface area (Å²) in [5.41, 5.74) is 1.94. The smallest absolute Gasteiger partial charge is 0.129 e. The van der Waals surface area contributed by atoms with Gasteiger partial charge in [-0.05, 0) is 11.6 Å². The van der Waals surface area contributed by atoms with Gasteiger partial charge in [0, 0.05) is 26.1 Å². The van der Waals surface area contributed by atoms with Crippen molar-refractivity contribution >= 4 is 0 Å². The molecule has 2 atom stereocenters. The van der Waals surface area contributed by atoms with Crippen LogP contribution in [0.2, 0.25) is 0 Å². The molecule has 0 bridgehead atoms. The summed E-state index contributed by atoms with van der Waals surface area (Å²) >= 11 is 0. The highest BCUT2D eigenvalue weighted by atomic mass is 16.5. The molecule has 94 valence electrons. The molecule has 0 radical (unpaired) electrons. The average Bonchev–Trinajstić information content (AvgIpc) is 2.95. The molecular formula is C13H15N3O2. The first-order chi connectivity index (χ1) is 8.72. The maximum Gasteiger partial charge on any atom is 0.129 e. The topological polar surface area (TPSA) is 60.2 Å². The molecule has 0 saturated carbocycles. The van der Waals surface area contributed by atoms with Gasteiger partial charge in [-0.25, -0.2) is 0 Å². The van der Waals surface area contributed by atoms with Gasteiger partial charge in [0.25, 0.3) is 0 Å². The predicted molar refractivity (Wildman–Crippen MR) is 65.3 cm³/mol. The molecule has 3 rings (SSSR count). The summed E-state index contributed by atoms with van der Waals surface area (Å²) < 4.78 is 7.37. The lowest BCUT2D eigenvalue weighted by Gasteiger charge is -2.16. The first-order valence-corrected chi connectivity index (χ1v) is 6.00.